The Labute approximate surface area is 205 Å². The van der Waals surface area contributed by atoms with Crippen LogP contribution in [-0.4, -0.2) is 31.4 Å². The number of nitrogens with one attached hydrogen (secondary N) is 1. The standard InChI is InChI=1S/C27H29N3O5/c1-5-18(2)22-8-6-7-9-23(22)33-12-13-34-24-11-10-20(16-25(24)32-4)15-21(17-28)27(31)29-26-14-19(3)35-30-26/h6-11,14-16,18H,5,12-13H2,1-4H3,(H,29,30,31). The predicted molar refractivity (Wildman–Crippen MR) is 133 cm³/mol. The summed E-state index contributed by atoms with van der Waals surface area (Å²) in [6.45, 7) is 6.73. The number of benzene rings is 2. The highest BCUT2D eigenvalue weighted by molar-refractivity contribution is 6.09. The topological polar surface area (TPSA) is 107 Å². The van der Waals surface area contributed by atoms with Gasteiger partial charge in [-0.15, -0.1) is 0 Å². The van der Waals surface area contributed by atoms with Crippen molar-refractivity contribution >= 4 is 17.8 Å². The van der Waals surface area contributed by atoms with Crippen molar-refractivity contribution in [3.63, 3.8) is 0 Å². The predicted octanol–water partition coefficient (Wildman–Crippen LogP) is 5.51. The molecule has 1 unspecified atom stereocenters. The molecule has 3 rings (SSSR count). The zero-order valence-corrected chi connectivity index (χ0v) is 20.3. The van der Waals surface area contributed by atoms with Gasteiger partial charge in [0.15, 0.2) is 17.3 Å². The lowest BCUT2D eigenvalue weighted by molar-refractivity contribution is -0.112. The first-order valence-corrected chi connectivity index (χ1v) is 11.3. The van der Waals surface area contributed by atoms with Crippen LogP contribution in [0.2, 0.25) is 0 Å². The summed E-state index contributed by atoms with van der Waals surface area (Å²) in [4.78, 5) is 12.4. The minimum atomic E-state index is -0.588. The maximum atomic E-state index is 12.4. The molecule has 0 radical (unpaired) electrons. The molecule has 0 aliphatic carbocycles. The van der Waals surface area contributed by atoms with E-state index in [0.717, 1.165) is 12.2 Å². The molecule has 0 fully saturated rings. The normalized spacial score (nSPS) is 11.9. The van der Waals surface area contributed by atoms with Gasteiger partial charge in [-0.25, -0.2) is 0 Å². The summed E-state index contributed by atoms with van der Waals surface area (Å²) >= 11 is 0. The first kappa shape index (κ1) is 25.4. The van der Waals surface area contributed by atoms with Gasteiger partial charge in [-0.1, -0.05) is 43.3 Å². The smallest absolute Gasteiger partial charge is 0.267 e. The van der Waals surface area contributed by atoms with E-state index in [1.165, 1.54) is 18.7 Å². The molecule has 182 valence electrons. The van der Waals surface area contributed by atoms with E-state index >= 15 is 0 Å². The number of ether oxygens (including phenoxy) is 3. The van der Waals surface area contributed by atoms with Gasteiger partial charge in [0, 0.05) is 6.07 Å². The van der Waals surface area contributed by atoms with Crippen molar-refractivity contribution in [2.45, 2.75) is 33.1 Å². The molecule has 3 aromatic rings. The van der Waals surface area contributed by atoms with Crippen LogP contribution in [0.3, 0.4) is 0 Å². The van der Waals surface area contributed by atoms with Crippen LogP contribution in [0.15, 0.2) is 58.6 Å². The molecule has 0 spiro atoms. The molecule has 35 heavy (non-hydrogen) atoms. The van der Waals surface area contributed by atoms with E-state index in [1.54, 1.807) is 31.2 Å². The fraction of sp³-hybridized carbons (Fsp3) is 0.296. The fourth-order valence-electron chi connectivity index (χ4n) is 3.36. The maximum absolute atomic E-state index is 12.4. The van der Waals surface area contributed by atoms with Crippen molar-refractivity contribution in [2.75, 3.05) is 25.6 Å². The summed E-state index contributed by atoms with van der Waals surface area (Å²) in [5.41, 5.74) is 1.70. The largest absolute Gasteiger partial charge is 0.493 e. The average molecular weight is 476 g/mol. The van der Waals surface area contributed by atoms with Crippen LogP contribution in [0.25, 0.3) is 6.08 Å². The third-order valence-corrected chi connectivity index (χ3v) is 5.39. The number of anilines is 1. The number of aromatic nitrogens is 1. The van der Waals surface area contributed by atoms with Gasteiger partial charge in [-0.2, -0.15) is 5.26 Å². The summed E-state index contributed by atoms with van der Waals surface area (Å²) in [5, 5.41) is 15.7. The fourth-order valence-corrected chi connectivity index (χ4v) is 3.36. The van der Waals surface area contributed by atoms with Gasteiger partial charge in [-0.3, -0.25) is 4.79 Å². The highest BCUT2D eigenvalue weighted by Crippen LogP contribution is 2.30. The third kappa shape index (κ3) is 6.87. The minimum Gasteiger partial charge on any atom is -0.493 e. The first-order valence-electron chi connectivity index (χ1n) is 11.3. The second-order valence-corrected chi connectivity index (χ2v) is 7.90. The van der Waals surface area contributed by atoms with Gasteiger partial charge in [0.1, 0.15) is 36.4 Å². The molecular formula is C27H29N3O5. The second kappa shape index (κ2) is 12.3. The van der Waals surface area contributed by atoms with Crippen LogP contribution in [0.4, 0.5) is 5.82 Å². The number of para-hydroxylation sites is 1. The molecule has 8 heteroatoms. The molecule has 2 aromatic carbocycles. The van der Waals surface area contributed by atoms with Crippen LogP contribution in [0.1, 0.15) is 43.1 Å². The molecule has 1 N–H and O–H groups in total. The summed E-state index contributed by atoms with van der Waals surface area (Å²) < 4.78 is 22.2. The quantitative estimate of drug-likeness (QED) is 0.221. The lowest BCUT2D eigenvalue weighted by atomic mass is 9.98. The van der Waals surface area contributed by atoms with Crippen molar-refractivity contribution in [2.24, 2.45) is 0 Å². The van der Waals surface area contributed by atoms with E-state index in [2.05, 4.69) is 30.4 Å². The number of carbonyl (C=O) groups excluding carboxylic acids is 1. The number of rotatable bonds is 11. The number of hydrogen-bond donors (Lipinski definition) is 1. The molecule has 1 atom stereocenters. The van der Waals surface area contributed by atoms with Gasteiger partial charge in [0.05, 0.1) is 7.11 Å². The Kier molecular flexibility index (Phi) is 8.90. The van der Waals surface area contributed by atoms with E-state index in [4.69, 9.17) is 18.7 Å². The minimum absolute atomic E-state index is 0.0882. The van der Waals surface area contributed by atoms with Crippen molar-refractivity contribution in [1.82, 2.24) is 5.16 Å². The molecule has 1 amide bonds. The molecule has 1 heterocycles. The highest BCUT2D eigenvalue weighted by Gasteiger charge is 2.13. The zero-order chi connectivity index (χ0) is 25.2. The van der Waals surface area contributed by atoms with Gasteiger partial charge in [-0.05, 0) is 54.7 Å². The Morgan fingerprint density at radius 2 is 1.89 bits per heavy atom. The van der Waals surface area contributed by atoms with Gasteiger partial charge < -0.3 is 24.1 Å². The van der Waals surface area contributed by atoms with Crippen LogP contribution >= 0.6 is 0 Å². The Balaban J connectivity index is 1.63. The monoisotopic (exact) mass is 475 g/mol. The van der Waals surface area contributed by atoms with Gasteiger partial charge in [0.2, 0.25) is 0 Å². The summed E-state index contributed by atoms with van der Waals surface area (Å²) in [6.07, 6.45) is 2.49. The third-order valence-electron chi connectivity index (χ3n) is 5.39. The molecule has 0 aliphatic heterocycles. The van der Waals surface area contributed by atoms with Crippen molar-refractivity contribution < 1.29 is 23.5 Å². The lowest BCUT2D eigenvalue weighted by Gasteiger charge is -2.16. The van der Waals surface area contributed by atoms with E-state index in [-0.39, 0.29) is 11.4 Å². The molecule has 0 aliphatic rings. The highest BCUT2D eigenvalue weighted by atomic mass is 16.5. The Bertz CT molecular complexity index is 1230. The van der Waals surface area contributed by atoms with Gasteiger partial charge >= 0.3 is 0 Å². The van der Waals surface area contributed by atoms with Crippen molar-refractivity contribution in [3.05, 3.63) is 71.0 Å². The number of nitrogens with zero attached hydrogens (tertiary/aromatic N) is 2. The van der Waals surface area contributed by atoms with E-state index in [9.17, 15) is 10.1 Å². The molecule has 0 saturated heterocycles. The number of carbonyl (C=O) groups is 1. The zero-order valence-electron chi connectivity index (χ0n) is 20.3. The maximum Gasteiger partial charge on any atom is 0.267 e. The molecule has 1 aromatic heterocycles. The van der Waals surface area contributed by atoms with E-state index < -0.39 is 5.91 Å². The average Bonchev–Trinajstić information content (AvgIpc) is 3.29. The Hall–Kier alpha value is -4.25. The number of nitriles is 1. The number of hydrogen-bond acceptors (Lipinski definition) is 7. The number of aryl methyl sites for hydroxylation is 1. The second-order valence-electron chi connectivity index (χ2n) is 7.90. The molecule has 0 saturated carbocycles. The summed E-state index contributed by atoms with van der Waals surface area (Å²) in [6, 6.07) is 16.7. The summed E-state index contributed by atoms with van der Waals surface area (Å²) in [7, 11) is 1.53. The van der Waals surface area contributed by atoms with Crippen molar-refractivity contribution in [3.8, 4) is 23.3 Å². The SMILES string of the molecule is CCC(C)c1ccccc1OCCOc1ccc(C=C(C#N)C(=O)Nc2cc(C)on2)cc1OC. The molecule has 0 bridgehead atoms. The van der Waals surface area contributed by atoms with Crippen LogP contribution < -0.4 is 19.5 Å². The number of amides is 1. The van der Waals surface area contributed by atoms with Gasteiger partial charge in [0.25, 0.3) is 5.91 Å². The molecular weight excluding hydrogens is 446 g/mol. The van der Waals surface area contributed by atoms with E-state index in [1.807, 2.05) is 24.3 Å². The molecule has 8 nitrogen and oxygen atoms in total. The van der Waals surface area contributed by atoms with Crippen LogP contribution in [0.5, 0.6) is 17.2 Å². The first-order chi connectivity index (χ1) is 16.9. The van der Waals surface area contributed by atoms with E-state index in [0.29, 0.717) is 42.0 Å². The van der Waals surface area contributed by atoms with Crippen LogP contribution in [0, 0.1) is 18.3 Å². The van der Waals surface area contributed by atoms with Crippen LogP contribution in [-0.2, 0) is 4.79 Å². The lowest BCUT2D eigenvalue weighted by Crippen LogP contribution is -2.13. The Morgan fingerprint density at radius 3 is 2.54 bits per heavy atom. The van der Waals surface area contributed by atoms with Crippen molar-refractivity contribution in [1.29, 1.82) is 5.26 Å². The summed E-state index contributed by atoms with van der Waals surface area (Å²) in [5.74, 6) is 2.48. The Morgan fingerprint density at radius 1 is 1.14 bits per heavy atom. The number of methoxy groups -OCH3 is 1.